The first kappa shape index (κ1) is 17.6. The summed E-state index contributed by atoms with van der Waals surface area (Å²) in [6.07, 6.45) is 0.976. The zero-order valence-corrected chi connectivity index (χ0v) is 15.0. The van der Waals surface area contributed by atoms with Gasteiger partial charge in [0.2, 0.25) is 0 Å². The van der Waals surface area contributed by atoms with Crippen molar-refractivity contribution in [2.45, 2.75) is 19.0 Å². The largest absolute Gasteiger partial charge is 0.496 e. The van der Waals surface area contributed by atoms with Crippen LogP contribution in [-0.4, -0.2) is 13.7 Å². The fraction of sp³-hybridized carbons (Fsp3) is 0.238. The number of nitrogens with one attached hydrogen (secondary N) is 1. The van der Waals surface area contributed by atoms with E-state index in [1.165, 1.54) is 21.9 Å². The van der Waals surface area contributed by atoms with Crippen molar-refractivity contribution in [3.63, 3.8) is 0 Å². The number of hydrogen-bond acceptors (Lipinski definition) is 3. The van der Waals surface area contributed by atoms with E-state index < -0.39 is 0 Å². The van der Waals surface area contributed by atoms with Crippen LogP contribution in [0.2, 0.25) is 0 Å². The minimum Gasteiger partial charge on any atom is -0.496 e. The first-order valence-corrected chi connectivity index (χ1v) is 8.36. The first-order valence-electron chi connectivity index (χ1n) is 8.36. The zero-order chi connectivity index (χ0) is 16.4. The van der Waals surface area contributed by atoms with E-state index in [-0.39, 0.29) is 12.4 Å². The maximum Gasteiger partial charge on any atom is 0.124 e. The summed E-state index contributed by atoms with van der Waals surface area (Å²) in [5.74, 6) is 1.92. The van der Waals surface area contributed by atoms with Crippen molar-refractivity contribution in [1.29, 1.82) is 0 Å². The van der Waals surface area contributed by atoms with Crippen molar-refractivity contribution in [3.8, 4) is 11.5 Å². The molecule has 4 rings (SSSR count). The Kier molecular flexibility index (Phi) is 5.47. The summed E-state index contributed by atoms with van der Waals surface area (Å²) in [7, 11) is 1.73. The van der Waals surface area contributed by atoms with Gasteiger partial charge in [0, 0.05) is 30.1 Å². The summed E-state index contributed by atoms with van der Waals surface area (Å²) < 4.78 is 11.4. The van der Waals surface area contributed by atoms with Crippen LogP contribution < -0.4 is 14.8 Å². The van der Waals surface area contributed by atoms with Crippen LogP contribution in [0.25, 0.3) is 10.8 Å². The van der Waals surface area contributed by atoms with Gasteiger partial charge in [-0.2, -0.15) is 0 Å². The van der Waals surface area contributed by atoms with E-state index in [9.17, 15) is 0 Å². The average Bonchev–Trinajstić information content (AvgIpc) is 2.66. The molecule has 1 atom stereocenters. The molecule has 1 heterocycles. The number of fused-ring (bicyclic) bond motifs is 2. The number of halogens is 1. The smallest absolute Gasteiger partial charge is 0.124 e. The van der Waals surface area contributed by atoms with Crippen LogP contribution in [0.15, 0.2) is 60.7 Å². The predicted octanol–water partition coefficient (Wildman–Crippen LogP) is 4.88. The lowest BCUT2D eigenvalue weighted by atomic mass is 9.99. The van der Waals surface area contributed by atoms with Crippen molar-refractivity contribution in [3.05, 3.63) is 71.8 Å². The Morgan fingerprint density at radius 2 is 1.84 bits per heavy atom. The van der Waals surface area contributed by atoms with Crippen molar-refractivity contribution >= 4 is 23.2 Å². The maximum absolute atomic E-state index is 5.76. The lowest BCUT2D eigenvalue weighted by molar-refractivity contribution is 0.252. The van der Waals surface area contributed by atoms with Crippen LogP contribution in [0.3, 0.4) is 0 Å². The Balaban J connectivity index is 0.00000182. The van der Waals surface area contributed by atoms with Crippen LogP contribution in [0.1, 0.15) is 23.6 Å². The standard InChI is InChI=1S/C21H21NO2.ClH/c1-23-20-11-10-15-6-2-3-7-16(15)18(20)14-22-19-12-13-24-21-9-5-4-8-17(19)21;/h2-11,19,22H,12-14H2,1H3;1H. The molecule has 0 spiro atoms. The van der Waals surface area contributed by atoms with E-state index in [0.29, 0.717) is 6.04 Å². The van der Waals surface area contributed by atoms with Gasteiger partial charge >= 0.3 is 0 Å². The Morgan fingerprint density at radius 1 is 1.04 bits per heavy atom. The van der Waals surface area contributed by atoms with Gasteiger partial charge in [-0.25, -0.2) is 0 Å². The molecule has 0 fully saturated rings. The molecule has 0 saturated heterocycles. The summed E-state index contributed by atoms with van der Waals surface area (Å²) in [6.45, 7) is 1.52. The van der Waals surface area contributed by atoms with Gasteiger partial charge in [-0.05, 0) is 22.9 Å². The molecular formula is C21H22ClNO2. The van der Waals surface area contributed by atoms with Crippen molar-refractivity contribution in [2.75, 3.05) is 13.7 Å². The van der Waals surface area contributed by atoms with Gasteiger partial charge in [0.25, 0.3) is 0 Å². The van der Waals surface area contributed by atoms with Gasteiger partial charge in [-0.1, -0.05) is 48.5 Å². The van der Waals surface area contributed by atoms with Crippen LogP contribution in [0.4, 0.5) is 0 Å². The van der Waals surface area contributed by atoms with Crippen LogP contribution in [0.5, 0.6) is 11.5 Å². The molecular weight excluding hydrogens is 334 g/mol. The highest BCUT2D eigenvalue weighted by atomic mass is 35.5. The second-order valence-electron chi connectivity index (χ2n) is 6.08. The summed E-state index contributed by atoms with van der Waals surface area (Å²) in [5.41, 5.74) is 2.45. The number of hydrogen-bond donors (Lipinski definition) is 1. The van der Waals surface area contributed by atoms with Crippen LogP contribution in [-0.2, 0) is 6.54 Å². The average molecular weight is 356 g/mol. The van der Waals surface area contributed by atoms with Gasteiger partial charge in [-0.3, -0.25) is 0 Å². The van der Waals surface area contributed by atoms with Gasteiger partial charge < -0.3 is 14.8 Å². The molecule has 0 aliphatic carbocycles. The number of para-hydroxylation sites is 1. The van der Waals surface area contributed by atoms with E-state index in [4.69, 9.17) is 9.47 Å². The minimum absolute atomic E-state index is 0. The highest BCUT2D eigenvalue weighted by Crippen LogP contribution is 2.33. The topological polar surface area (TPSA) is 30.5 Å². The van der Waals surface area contributed by atoms with Crippen LogP contribution in [0, 0.1) is 0 Å². The third-order valence-electron chi connectivity index (χ3n) is 4.70. The zero-order valence-electron chi connectivity index (χ0n) is 14.2. The van der Waals surface area contributed by atoms with E-state index in [2.05, 4.69) is 53.8 Å². The van der Waals surface area contributed by atoms with Crippen molar-refractivity contribution in [2.24, 2.45) is 0 Å². The SMILES string of the molecule is COc1ccc2ccccc2c1CNC1CCOc2ccccc21.Cl. The molecule has 4 heteroatoms. The fourth-order valence-electron chi connectivity index (χ4n) is 3.47. The molecule has 0 radical (unpaired) electrons. The minimum atomic E-state index is 0. The Hall–Kier alpha value is -2.23. The predicted molar refractivity (Wildman–Crippen MR) is 104 cm³/mol. The molecule has 1 N–H and O–H groups in total. The molecule has 1 aliphatic heterocycles. The fourth-order valence-corrected chi connectivity index (χ4v) is 3.47. The Morgan fingerprint density at radius 3 is 2.72 bits per heavy atom. The molecule has 0 amide bonds. The highest BCUT2D eigenvalue weighted by Gasteiger charge is 2.21. The van der Waals surface area contributed by atoms with E-state index in [0.717, 1.165) is 31.1 Å². The normalized spacial score (nSPS) is 15.8. The molecule has 1 unspecified atom stereocenters. The second-order valence-corrected chi connectivity index (χ2v) is 6.08. The lowest BCUT2D eigenvalue weighted by Gasteiger charge is -2.27. The quantitative estimate of drug-likeness (QED) is 0.723. The molecule has 0 saturated carbocycles. The third kappa shape index (κ3) is 3.44. The molecule has 130 valence electrons. The molecule has 1 aliphatic rings. The molecule has 3 nitrogen and oxygen atoms in total. The maximum atomic E-state index is 5.76. The van der Waals surface area contributed by atoms with E-state index in [1.807, 2.05) is 12.1 Å². The highest BCUT2D eigenvalue weighted by molar-refractivity contribution is 5.87. The first-order chi connectivity index (χ1) is 11.9. The number of ether oxygens (including phenoxy) is 2. The Labute approximate surface area is 154 Å². The van der Waals surface area contributed by atoms with Crippen LogP contribution >= 0.6 is 12.4 Å². The molecule has 3 aromatic carbocycles. The number of benzene rings is 3. The van der Waals surface area contributed by atoms with Gasteiger partial charge in [-0.15, -0.1) is 12.4 Å². The van der Waals surface area contributed by atoms with Gasteiger partial charge in [0.05, 0.1) is 13.7 Å². The second kappa shape index (κ2) is 7.77. The van der Waals surface area contributed by atoms with Gasteiger partial charge in [0.1, 0.15) is 11.5 Å². The summed E-state index contributed by atoms with van der Waals surface area (Å²) in [5, 5.41) is 6.18. The Bertz CT molecular complexity index is 865. The third-order valence-corrected chi connectivity index (χ3v) is 4.70. The van der Waals surface area contributed by atoms with E-state index in [1.54, 1.807) is 7.11 Å². The molecule has 0 bridgehead atoms. The summed E-state index contributed by atoms with van der Waals surface area (Å²) in [4.78, 5) is 0. The molecule has 0 aromatic heterocycles. The van der Waals surface area contributed by atoms with Crippen molar-refractivity contribution in [1.82, 2.24) is 5.32 Å². The summed E-state index contributed by atoms with van der Waals surface area (Å²) in [6, 6.07) is 21.2. The number of methoxy groups -OCH3 is 1. The monoisotopic (exact) mass is 355 g/mol. The molecule has 25 heavy (non-hydrogen) atoms. The number of rotatable bonds is 4. The van der Waals surface area contributed by atoms with E-state index >= 15 is 0 Å². The molecule has 3 aromatic rings. The van der Waals surface area contributed by atoms with Crippen molar-refractivity contribution < 1.29 is 9.47 Å². The van der Waals surface area contributed by atoms with Gasteiger partial charge in [0.15, 0.2) is 0 Å². The lowest BCUT2D eigenvalue weighted by Crippen LogP contribution is -2.27. The summed E-state index contributed by atoms with van der Waals surface area (Å²) >= 11 is 0.